The predicted octanol–water partition coefficient (Wildman–Crippen LogP) is 1.88. The summed E-state index contributed by atoms with van der Waals surface area (Å²) in [6, 6.07) is 4.81. The average Bonchev–Trinajstić information content (AvgIpc) is 3.37. The Balaban J connectivity index is 1.51. The number of rotatable bonds is 5. The largest absolute Gasteiger partial charge is 0.497 e. The van der Waals surface area contributed by atoms with Crippen LogP contribution in [0.15, 0.2) is 18.2 Å². The number of carbonyl (C=O) groups excluding carboxylic acids is 2. The summed E-state index contributed by atoms with van der Waals surface area (Å²) < 4.78 is 10.6. The highest BCUT2D eigenvalue weighted by Gasteiger charge is 2.53. The fourth-order valence-corrected chi connectivity index (χ4v) is 5.07. The Kier molecular flexibility index (Phi) is 4.66. The molecule has 4 rings (SSSR count). The molecular formula is C18H21N5O4S. The minimum absolute atomic E-state index is 0.0197. The van der Waals surface area contributed by atoms with Crippen LogP contribution in [0.4, 0.5) is 5.95 Å². The molecule has 3 heterocycles. The van der Waals surface area contributed by atoms with Crippen LogP contribution >= 0.6 is 11.8 Å². The van der Waals surface area contributed by atoms with E-state index in [1.807, 2.05) is 6.92 Å². The van der Waals surface area contributed by atoms with Crippen molar-refractivity contribution >= 4 is 29.5 Å². The van der Waals surface area contributed by atoms with Gasteiger partial charge in [0, 0.05) is 18.2 Å². The van der Waals surface area contributed by atoms with E-state index in [0.29, 0.717) is 35.1 Å². The maximum absolute atomic E-state index is 12.7. The molecule has 2 saturated heterocycles. The molecule has 2 atom stereocenters. The molecule has 0 radical (unpaired) electrons. The lowest BCUT2D eigenvalue weighted by atomic mass is 10.2. The number of aromatic amines is 1. The number of nitrogens with zero attached hydrogens (tertiary/aromatic N) is 3. The SMILES string of the molecule is COc1ccc(-c2nc(NC(=O)C3CSC4(C)CCC(=O)N34)n[nH]2)c(OC)c1. The van der Waals surface area contributed by atoms with Crippen molar-refractivity contribution in [2.45, 2.75) is 30.7 Å². The first-order valence-electron chi connectivity index (χ1n) is 8.87. The summed E-state index contributed by atoms with van der Waals surface area (Å²) in [6.07, 6.45) is 1.25. The second kappa shape index (κ2) is 7.01. The number of anilines is 1. The molecule has 2 fully saturated rings. The van der Waals surface area contributed by atoms with Gasteiger partial charge in [-0.15, -0.1) is 16.9 Å². The molecule has 1 aromatic carbocycles. The zero-order valence-corrected chi connectivity index (χ0v) is 16.6. The Bertz CT molecular complexity index is 932. The molecule has 2 aliphatic rings. The smallest absolute Gasteiger partial charge is 0.250 e. The molecule has 2 aliphatic heterocycles. The minimum atomic E-state index is -0.512. The molecule has 1 aromatic heterocycles. The number of H-pyrrole nitrogens is 1. The van der Waals surface area contributed by atoms with Gasteiger partial charge in [0.1, 0.15) is 17.5 Å². The molecule has 2 N–H and O–H groups in total. The van der Waals surface area contributed by atoms with Crippen molar-refractivity contribution in [1.29, 1.82) is 0 Å². The van der Waals surface area contributed by atoms with Crippen LogP contribution in [0, 0.1) is 0 Å². The third kappa shape index (κ3) is 3.07. The maximum Gasteiger partial charge on any atom is 0.250 e. The van der Waals surface area contributed by atoms with Crippen LogP contribution in [0.1, 0.15) is 19.8 Å². The molecule has 2 aromatic rings. The molecule has 2 unspecified atom stereocenters. The average molecular weight is 403 g/mol. The molecule has 2 amide bonds. The predicted molar refractivity (Wildman–Crippen MR) is 104 cm³/mol. The van der Waals surface area contributed by atoms with Gasteiger partial charge in [-0.2, -0.15) is 4.98 Å². The molecule has 0 spiro atoms. The molecule has 0 saturated carbocycles. The van der Waals surface area contributed by atoms with Gasteiger partial charge in [0.15, 0.2) is 5.82 Å². The fraction of sp³-hybridized carbons (Fsp3) is 0.444. The first-order valence-corrected chi connectivity index (χ1v) is 9.85. The number of carbonyl (C=O) groups is 2. The van der Waals surface area contributed by atoms with Gasteiger partial charge in [-0.1, -0.05) is 0 Å². The maximum atomic E-state index is 12.7. The lowest BCUT2D eigenvalue weighted by Crippen LogP contribution is -2.48. The van der Waals surface area contributed by atoms with E-state index < -0.39 is 6.04 Å². The van der Waals surface area contributed by atoms with Gasteiger partial charge in [-0.25, -0.2) is 0 Å². The standard InChI is InChI=1S/C18H21N5O4S/c1-18-7-6-14(24)23(18)12(9-28-18)16(25)20-17-19-15(21-22-17)11-5-4-10(26-2)8-13(11)27-3/h4-5,8,12H,6-7,9H2,1-3H3,(H2,19,20,21,22,25). The monoisotopic (exact) mass is 403 g/mol. The van der Waals surface area contributed by atoms with Crippen LogP contribution in [-0.4, -0.2) is 62.8 Å². The van der Waals surface area contributed by atoms with Crippen LogP contribution in [0.25, 0.3) is 11.4 Å². The third-order valence-electron chi connectivity index (χ3n) is 5.13. The summed E-state index contributed by atoms with van der Waals surface area (Å²) in [6.45, 7) is 2.01. The first kappa shape index (κ1) is 18.6. The summed E-state index contributed by atoms with van der Waals surface area (Å²) in [5.74, 6) is 2.15. The Labute approximate surface area is 166 Å². The molecule has 10 heteroatoms. The van der Waals surface area contributed by atoms with Gasteiger partial charge < -0.3 is 14.4 Å². The van der Waals surface area contributed by atoms with Crippen LogP contribution in [-0.2, 0) is 9.59 Å². The van der Waals surface area contributed by atoms with Crippen LogP contribution in [0.5, 0.6) is 11.5 Å². The van der Waals surface area contributed by atoms with Gasteiger partial charge in [-0.05, 0) is 25.5 Å². The molecular weight excluding hydrogens is 382 g/mol. The molecule has 0 aliphatic carbocycles. The van der Waals surface area contributed by atoms with Gasteiger partial charge in [0.05, 0.1) is 24.7 Å². The minimum Gasteiger partial charge on any atom is -0.497 e. The Morgan fingerprint density at radius 2 is 2.21 bits per heavy atom. The number of thioether (sulfide) groups is 1. The van der Waals surface area contributed by atoms with Crippen molar-refractivity contribution in [3.8, 4) is 22.9 Å². The van der Waals surface area contributed by atoms with Gasteiger partial charge in [0.25, 0.3) is 0 Å². The molecule has 0 bridgehead atoms. The van der Waals surface area contributed by atoms with Crippen molar-refractivity contribution in [2.75, 3.05) is 25.3 Å². The van der Waals surface area contributed by atoms with Crippen molar-refractivity contribution < 1.29 is 19.1 Å². The molecule has 28 heavy (non-hydrogen) atoms. The summed E-state index contributed by atoms with van der Waals surface area (Å²) in [5.41, 5.74) is 0.690. The Morgan fingerprint density at radius 3 is 2.96 bits per heavy atom. The fourth-order valence-electron chi connectivity index (χ4n) is 3.64. The number of nitrogens with one attached hydrogen (secondary N) is 2. The first-order chi connectivity index (χ1) is 13.4. The highest BCUT2D eigenvalue weighted by atomic mass is 32.2. The highest BCUT2D eigenvalue weighted by molar-refractivity contribution is 8.01. The van der Waals surface area contributed by atoms with Crippen LogP contribution in [0.3, 0.4) is 0 Å². The van der Waals surface area contributed by atoms with Crippen molar-refractivity contribution in [3.05, 3.63) is 18.2 Å². The lowest BCUT2D eigenvalue weighted by Gasteiger charge is -2.29. The second-order valence-electron chi connectivity index (χ2n) is 6.83. The van der Waals surface area contributed by atoms with E-state index in [1.165, 1.54) is 0 Å². The van der Waals surface area contributed by atoms with Crippen LogP contribution < -0.4 is 14.8 Å². The number of aromatic nitrogens is 3. The van der Waals surface area contributed by atoms with E-state index in [1.54, 1.807) is 49.1 Å². The van der Waals surface area contributed by atoms with Crippen molar-refractivity contribution in [2.24, 2.45) is 0 Å². The molecule has 9 nitrogen and oxygen atoms in total. The van der Waals surface area contributed by atoms with Gasteiger partial charge in [0.2, 0.25) is 17.8 Å². The quantitative estimate of drug-likeness (QED) is 0.784. The van der Waals surface area contributed by atoms with Crippen molar-refractivity contribution in [3.63, 3.8) is 0 Å². The topological polar surface area (TPSA) is 109 Å². The Morgan fingerprint density at radius 1 is 1.39 bits per heavy atom. The second-order valence-corrected chi connectivity index (χ2v) is 8.33. The van der Waals surface area contributed by atoms with Gasteiger partial charge in [-0.3, -0.25) is 20.0 Å². The van der Waals surface area contributed by atoms with E-state index in [2.05, 4.69) is 20.5 Å². The number of benzene rings is 1. The number of hydrogen-bond donors (Lipinski definition) is 2. The number of fused-ring (bicyclic) bond motifs is 1. The van der Waals surface area contributed by atoms with E-state index in [9.17, 15) is 9.59 Å². The summed E-state index contributed by atoms with van der Waals surface area (Å²) in [4.78, 5) is 30.7. The van der Waals surface area contributed by atoms with E-state index in [-0.39, 0.29) is 22.6 Å². The third-order valence-corrected chi connectivity index (χ3v) is 6.64. The summed E-state index contributed by atoms with van der Waals surface area (Å²) in [7, 11) is 3.13. The highest BCUT2D eigenvalue weighted by Crippen LogP contribution is 2.47. The lowest BCUT2D eigenvalue weighted by molar-refractivity contribution is -0.135. The summed E-state index contributed by atoms with van der Waals surface area (Å²) >= 11 is 1.64. The normalized spacial score (nSPS) is 23.6. The summed E-state index contributed by atoms with van der Waals surface area (Å²) in [5, 5.41) is 9.61. The Hall–Kier alpha value is -2.75. The number of hydrogen-bond acceptors (Lipinski definition) is 7. The number of methoxy groups -OCH3 is 2. The van der Waals surface area contributed by atoms with E-state index in [4.69, 9.17) is 9.47 Å². The molecule has 148 valence electrons. The zero-order chi connectivity index (χ0) is 19.9. The van der Waals surface area contributed by atoms with E-state index >= 15 is 0 Å². The van der Waals surface area contributed by atoms with Gasteiger partial charge >= 0.3 is 0 Å². The number of amides is 2. The van der Waals surface area contributed by atoms with E-state index in [0.717, 1.165) is 6.42 Å². The number of ether oxygens (including phenoxy) is 2. The zero-order valence-electron chi connectivity index (χ0n) is 15.8. The van der Waals surface area contributed by atoms with Crippen molar-refractivity contribution in [1.82, 2.24) is 20.1 Å². The van der Waals surface area contributed by atoms with Crippen LogP contribution in [0.2, 0.25) is 0 Å².